The molecule has 2 aromatic heterocycles. The van der Waals surface area contributed by atoms with Crippen molar-refractivity contribution in [3.05, 3.63) is 66.5 Å². The largest absolute Gasteiger partial charge is 0.356 e. The van der Waals surface area contributed by atoms with Gasteiger partial charge in [-0.15, -0.1) is 0 Å². The lowest BCUT2D eigenvalue weighted by Gasteiger charge is -2.31. The van der Waals surface area contributed by atoms with Crippen LogP contribution in [-0.4, -0.2) is 33.9 Å². The van der Waals surface area contributed by atoms with Crippen molar-refractivity contribution in [1.82, 2.24) is 14.8 Å². The van der Waals surface area contributed by atoms with Crippen LogP contribution in [0, 0.1) is 11.3 Å². The van der Waals surface area contributed by atoms with E-state index in [0.29, 0.717) is 5.56 Å². The molecule has 6 nitrogen and oxygen atoms in total. The topological polar surface area (TPSA) is 83.8 Å². The predicted molar refractivity (Wildman–Crippen MR) is 124 cm³/mol. The van der Waals surface area contributed by atoms with Gasteiger partial charge in [0.05, 0.1) is 17.1 Å². The molecule has 31 heavy (non-hydrogen) atoms. The fourth-order valence-corrected chi connectivity index (χ4v) is 4.26. The van der Waals surface area contributed by atoms with Gasteiger partial charge in [-0.05, 0) is 59.9 Å². The Balaban J connectivity index is 1.62. The van der Waals surface area contributed by atoms with E-state index in [0.717, 1.165) is 64.9 Å². The number of hydrogen-bond donors (Lipinski definition) is 1. The second-order valence-electron chi connectivity index (χ2n) is 8.18. The number of anilines is 1. The van der Waals surface area contributed by atoms with Gasteiger partial charge in [-0.1, -0.05) is 18.2 Å². The van der Waals surface area contributed by atoms with E-state index in [2.05, 4.69) is 34.3 Å². The Kier molecular flexibility index (Phi) is 4.89. The van der Waals surface area contributed by atoms with Crippen LogP contribution in [0.25, 0.3) is 33.2 Å². The average Bonchev–Trinajstić information content (AvgIpc) is 3.18. The van der Waals surface area contributed by atoms with Crippen LogP contribution in [0.3, 0.4) is 0 Å². The second-order valence-corrected chi connectivity index (χ2v) is 8.18. The van der Waals surface area contributed by atoms with Crippen molar-refractivity contribution in [2.45, 2.75) is 18.9 Å². The van der Waals surface area contributed by atoms with Crippen LogP contribution in [0.1, 0.15) is 18.4 Å². The lowest BCUT2D eigenvalue weighted by molar-refractivity contribution is 0.499. The van der Waals surface area contributed by atoms with Crippen molar-refractivity contribution >= 4 is 16.7 Å². The first-order valence-corrected chi connectivity index (χ1v) is 10.6. The standard InChI is InChI=1S/C25H24N6/c1-30-16-20-12-19(6-7-24(20)29-30)23-15-28-25(31-10-8-21(27)9-11-31)13-22(23)18-4-2-17(14-26)3-5-18/h2-7,12-13,15-16,21H,8-11,27H2,1H3. The summed E-state index contributed by atoms with van der Waals surface area (Å²) in [6.07, 6.45) is 5.95. The van der Waals surface area contributed by atoms with Crippen molar-refractivity contribution < 1.29 is 0 Å². The molecule has 0 amide bonds. The summed E-state index contributed by atoms with van der Waals surface area (Å²) in [6, 6.07) is 18.7. The SMILES string of the molecule is Cn1cc2cc(-c3cnc(N4CCC(N)CC4)cc3-c3ccc(C#N)cc3)ccc2n1. The molecule has 0 radical (unpaired) electrons. The van der Waals surface area contributed by atoms with E-state index in [1.807, 2.05) is 54.5 Å². The van der Waals surface area contributed by atoms with Crippen molar-refractivity contribution in [3.63, 3.8) is 0 Å². The molecule has 4 aromatic rings. The highest BCUT2D eigenvalue weighted by atomic mass is 15.2. The third-order valence-corrected chi connectivity index (χ3v) is 6.01. The van der Waals surface area contributed by atoms with Crippen LogP contribution in [0.2, 0.25) is 0 Å². The number of piperidine rings is 1. The number of rotatable bonds is 3. The molecule has 0 unspecified atom stereocenters. The number of aromatic nitrogens is 3. The molecular weight excluding hydrogens is 384 g/mol. The summed E-state index contributed by atoms with van der Waals surface area (Å²) in [5.41, 5.74) is 12.0. The molecule has 0 spiro atoms. The van der Waals surface area contributed by atoms with Gasteiger partial charge in [-0.3, -0.25) is 4.68 Å². The summed E-state index contributed by atoms with van der Waals surface area (Å²) in [6.45, 7) is 1.84. The zero-order valence-electron chi connectivity index (χ0n) is 17.5. The maximum absolute atomic E-state index is 9.19. The number of nitrogens with two attached hydrogens (primary N) is 1. The van der Waals surface area contributed by atoms with Gasteiger partial charge < -0.3 is 10.6 Å². The molecule has 2 aromatic carbocycles. The summed E-state index contributed by atoms with van der Waals surface area (Å²) in [5, 5.41) is 14.8. The van der Waals surface area contributed by atoms with Crippen LogP contribution < -0.4 is 10.6 Å². The Labute approximate surface area is 181 Å². The molecule has 2 N–H and O–H groups in total. The fraction of sp³-hybridized carbons (Fsp3) is 0.240. The van der Waals surface area contributed by atoms with Gasteiger partial charge in [0.25, 0.3) is 0 Å². The summed E-state index contributed by atoms with van der Waals surface area (Å²) >= 11 is 0. The van der Waals surface area contributed by atoms with Crippen LogP contribution in [0.4, 0.5) is 5.82 Å². The number of fused-ring (bicyclic) bond motifs is 1. The second kappa shape index (κ2) is 7.86. The third kappa shape index (κ3) is 3.76. The van der Waals surface area contributed by atoms with Gasteiger partial charge in [0, 0.05) is 49.5 Å². The van der Waals surface area contributed by atoms with E-state index in [4.69, 9.17) is 10.7 Å². The number of benzene rings is 2. The lowest BCUT2D eigenvalue weighted by Crippen LogP contribution is -2.40. The molecule has 1 saturated heterocycles. The normalized spacial score (nSPS) is 14.7. The minimum absolute atomic E-state index is 0.278. The van der Waals surface area contributed by atoms with E-state index in [1.54, 1.807) is 0 Å². The van der Waals surface area contributed by atoms with Crippen molar-refractivity contribution in [3.8, 4) is 28.3 Å². The first-order valence-electron chi connectivity index (χ1n) is 10.6. The van der Waals surface area contributed by atoms with Gasteiger partial charge in [0.1, 0.15) is 5.82 Å². The van der Waals surface area contributed by atoms with Gasteiger partial charge >= 0.3 is 0 Å². The predicted octanol–water partition coefficient (Wildman–Crippen LogP) is 4.10. The first kappa shape index (κ1) is 19.3. The highest BCUT2D eigenvalue weighted by Gasteiger charge is 2.19. The van der Waals surface area contributed by atoms with E-state index in [9.17, 15) is 5.26 Å². The van der Waals surface area contributed by atoms with Crippen molar-refractivity contribution in [2.75, 3.05) is 18.0 Å². The molecular formula is C25H24N6. The van der Waals surface area contributed by atoms with Crippen LogP contribution in [-0.2, 0) is 7.05 Å². The molecule has 5 rings (SSSR count). The molecule has 0 saturated carbocycles. The number of nitriles is 1. The lowest BCUT2D eigenvalue weighted by atomic mass is 9.94. The highest BCUT2D eigenvalue weighted by Crippen LogP contribution is 2.35. The van der Waals surface area contributed by atoms with Gasteiger partial charge in [0.2, 0.25) is 0 Å². The molecule has 3 heterocycles. The number of hydrogen-bond acceptors (Lipinski definition) is 5. The van der Waals surface area contributed by atoms with Crippen LogP contribution >= 0.6 is 0 Å². The summed E-state index contributed by atoms with van der Waals surface area (Å²) in [5.74, 6) is 0.970. The van der Waals surface area contributed by atoms with Crippen molar-refractivity contribution in [2.24, 2.45) is 12.8 Å². The van der Waals surface area contributed by atoms with E-state index < -0.39 is 0 Å². The summed E-state index contributed by atoms with van der Waals surface area (Å²) in [4.78, 5) is 7.13. The monoisotopic (exact) mass is 408 g/mol. The molecule has 1 aliphatic heterocycles. The number of nitrogens with zero attached hydrogens (tertiary/aromatic N) is 5. The van der Waals surface area contributed by atoms with Crippen LogP contribution in [0.15, 0.2) is 60.9 Å². The van der Waals surface area contributed by atoms with Gasteiger partial charge in [0.15, 0.2) is 0 Å². The summed E-state index contributed by atoms with van der Waals surface area (Å²) < 4.78 is 1.83. The molecule has 1 fully saturated rings. The van der Waals surface area contributed by atoms with E-state index >= 15 is 0 Å². The smallest absolute Gasteiger partial charge is 0.129 e. The van der Waals surface area contributed by atoms with E-state index in [-0.39, 0.29) is 6.04 Å². The Hall–Kier alpha value is -3.69. The Morgan fingerprint density at radius 2 is 1.74 bits per heavy atom. The average molecular weight is 409 g/mol. The highest BCUT2D eigenvalue weighted by molar-refractivity contribution is 5.90. The molecule has 0 bridgehead atoms. The molecule has 0 atom stereocenters. The van der Waals surface area contributed by atoms with Gasteiger partial charge in [-0.2, -0.15) is 10.4 Å². The first-order chi connectivity index (χ1) is 15.1. The third-order valence-electron chi connectivity index (χ3n) is 6.01. The van der Waals surface area contributed by atoms with Crippen LogP contribution in [0.5, 0.6) is 0 Å². The fourth-order valence-electron chi connectivity index (χ4n) is 4.26. The van der Waals surface area contributed by atoms with E-state index in [1.165, 1.54) is 0 Å². The number of aryl methyl sites for hydroxylation is 1. The zero-order chi connectivity index (χ0) is 21.4. The quantitative estimate of drug-likeness (QED) is 0.552. The molecule has 154 valence electrons. The Bertz CT molecular complexity index is 1270. The Morgan fingerprint density at radius 3 is 2.48 bits per heavy atom. The molecule has 1 aliphatic rings. The molecule has 6 heteroatoms. The maximum Gasteiger partial charge on any atom is 0.129 e. The maximum atomic E-state index is 9.19. The Morgan fingerprint density at radius 1 is 1.00 bits per heavy atom. The van der Waals surface area contributed by atoms with Crippen molar-refractivity contribution in [1.29, 1.82) is 5.26 Å². The minimum atomic E-state index is 0.278. The summed E-state index contributed by atoms with van der Waals surface area (Å²) in [7, 11) is 1.93. The zero-order valence-corrected chi connectivity index (χ0v) is 17.5. The number of pyridine rings is 1. The van der Waals surface area contributed by atoms with Gasteiger partial charge in [-0.25, -0.2) is 4.98 Å². The minimum Gasteiger partial charge on any atom is -0.356 e. The molecule has 0 aliphatic carbocycles.